The van der Waals surface area contributed by atoms with Gasteiger partial charge in [-0.15, -0.1) is 0 Å². The zero-order chi connectivity index (χ0) is 18.4. The van der Waals surface area contributed by atoms with Crippen LogP contribution >= 0.6 is 0 Å². The Bertz CT molecular complexity index is 912. The highest BCUT2D eigenvalue weighted by molar-refractivity contribution is 7.92. The number of β-amino-alcohol motifs (C(OH)–C–C–N with tert-alkyl or cyclic N) is 1. The number of hydrogen-bond acceptors (Lipinski definition) is 4. The van der Waals surface area contributed by atoms with Crippen molar-refractivity contribution in [2.75, 3.05) is 10.8 Å². The lowest BCUT2D eigenvalue weighted by molar-refractivity contribution is -0.137. The van der Waals surface area contributed by atoms with Gasteiger partial charge in [0.25, 0.3) is 10.0 Å². The van der Waals surface area contributed by atoms with Crippen LogP contribution in [0.3, 0.4) is 0 Å². The summed E-state index contributed by atoms with van der Waals surface area (Å²) in [5.74, 6) is -0.181. The second-order valence-electron chi connectivity index (χ2n) is 5.73. The van der Waals surface area contributed by atoms with Gasteiger partial charge in [0.1, 0.15) is 5.75 Å². The quantitative estimate of drug-likeness (QED) is 0.848. The van der Waals surface area contributed by atoms with Crippen molar-refractivity contribution in [3.63, 3.8) is 0 Å². The maximum absolute atomic E-state index is 12.9. The Labute approximate surface area is 142 Å². The average molecular weight is 373 g/mol. The van der Waals surface area contributed by atoms with Gasteiger partial charge in [-0.1, -0.05) is 12.1 Å². The van der Waals surface area contributed by atoms with E-state index in [-0.39, 0.29) is 24.4 Å². The van der Waals surface area contributed by atoms with Crippen LogP contribution in [0.1, 0.15) is 11.1 Å². The normalized spacial score (nSPS) is 18.1. The van der Waals surface area contributed by atoms with E-state index in [2.05, 4.69) is 0 Å². The minimum atomic E-state index is -4.68. The van der Waals surface area contributed by atoms with Crippen molar-refractivity contribution >= 4 is 15.7 Å². The number of aliphatic hydroxyl groups excluding tert-OH is 1. The highest BCUT2D eigenvalue weighted by atomic mass is 32.2. The molecule has 2 N–H and O–H groups in total. The monoisotopic (exact) mass is 373 g/mol. The number of halogens is 3. The van der Waals surface area contributed by atoms with Crippen molar-refractivity contribution in [3.05, 3.63) is 53.6 Å². The Kier molecular flexibility index (Phi) is 4.16. The fraction of sp³-hybridized carbons (Fsp3) is 0.250. The number of anilines is 1. The van der Waals surface area contributed by atoms with Crippen molar-refractivity contribution in [1.29, 1.82) is 0 Å². The number of fused-ring (bicyclic) bond motifs is 1. The second kappa shape index (κ2) is 5.92. The first kappa shape index (κ1) is 17.6. The third-order valence-corrected chi connectivity index (χ3v) is 5.69. The first-order valence-corrected chi connectivity index (χ1v) is 8.73. The second-order valence-corrected chi connectivity index (χ2v) is 7.60. The van der Waals surface area contributed by atoms with Crippen LogP contribution in [0, 0.1) is 0 Å². The van der Waals surface area contributed by atoms with Gasteiger partial charge in [-0.3, -0.25) is 4.31 Å². The van der Waals surface area contributed by atoms with E-state index in [0.717, 1.165) is 22.5 Å². The molecule has 1 heterocycles. The number of aromatic hydroxyl groups is 1. The van der Waals surface area contributed by atoms with Gasteiger partial charge < -0.3 is 10.2 Å². The van der Waals surface area contributed by atoms with E-state index in [1.807, 2.05) is 0 Å². The van der Waals surface area contributed by atoms with Crippen LogP contribution in [0.5, 0.6) is 5.75 Å². The highest BCUT2D eigenvalue weighted by Crippen LogP contribution is 2.36. The third-order valence-electron chi connectivity index (χ3n) is 3.92. The number of phenols is 1. The van der Waals surface area contributed by atoms with E-state index in [1.54, 1.807) is 0 Å². The van der Waals surface area contributed by atoms with Gasteiger partial charge in [-0.25, -0.2) is 8.42 Å². The molecule has 5 nitrogen and oxygen atoms in total. The van der Waals surface area contributed by atoms with Crippen molar-refractivity contribution in [2.45, 2.75) is 23.6 Å². The van der Waals surface area contributed by atoms with Gasteiger partial charge in [0, 0.05) is 12.5 Å². The van der Waals surface area contributed by atoms with Crippen molar-refractivity contribution in [1.82, 2.24) is 0 Å². The largest absolute Gasteiger partial charge is 0.508 e. The summed E-state index contributed by atoms with van der Waals surface area (Å²) >= 11 is 0. The minimum absolute atomic E-state index is 0.141. The molecule has 3 rings (SSSR count). The Morgan fingerprint density at radius 2 is 1.84 bits per heavy atom. The van der Waals surface area contributed by atoms with Crippen LogP contribution in [0.25, 0.3) is 0 Å². The van der Waals surface area contributed by atoms with E-state index >= 15 is 0 Å². The smallest absolute Gasteiger partial charge is 0.416 e. The number of rotatable bonds is 2. The first-order chi connectivity index (χ1) is 11.6. The summed E-state index contributed by atoms with van der Waals surface area (Å²) < 4.78 is 65.1. The summed E-state index contributed by atoms with van der Waals surface area (Å²) in [6.07, 6.45) is -5.49. The summed E-state index contributed by atoms with van der Waals surface area (Å²) in [4.78, 5) is -0.536. The maximum atomic E-state index is 12.9. The lowest BCUT2D eigenvalue weighted by atomic mass is 10.0. The van der Waals surface area contributed by atoms with Gasteiger partial charge in [0.15, 0.2) is 0 Å². The molecule has 0 bridgehead atoms. The minimum Gasteiger partial charge on any atom is -0.508 e. The third kappa shape index (κ3) is 3.29. The zero-order valence-electron chi connectivity index (χ0n) is 12.7. The molecule has 9 heteroatoms. The molecule has 1 aliphatic rings. The van der Waals surface area contributed by atoms with Gasteiger partial charge in [-0.2, -0.15) is 13.2 Å². The fourth-order valence-electron chi connectivity index (χ4n) is 2.75. The summed E-state index contributed by atoms with van der Waals surface area (Å²) in [7, 11) is -4.35. The van der Waals surface area contributed by atoms with Crippen molar-refractivity contribution in [2.24, 2.45) is 0 Å². The van der Waals surface area contributed by atoms with Gasteiger partial charge in [0.2, 0.25) is 0 Å². The SMILES string of the molecule is O=S(=O)(c1cccc(C(F)(F)F)c1)N1CC(O)Cc2ccc(O)cc21. The molecule has 0 spiro atoms. The molecule has 2 aromatic carbocycles. The summed E-state index contributed by atoms with van der Waals surface area (Å²) in [6.45, 7) is -0.310. The van der Waals surface area contributed by atoms with Crippen molar-refractivity contribution in [3.8, 4) is 5.75 Å². The molecule has 0 fully saturated rings. The Hall–Kier alpha value is -2.26. The fourth-order valence-corrected chi connectivity index (χ4v) is 4.33. The van der Waals surface area contributed by atoms with Crippen LogP contribution in [-0.2, 0) is 22.6 Å². The summed E-state index contributed by atoms with van der Waals surface area (Å²) in [5.41, 5.74) is -0.461. The van der Waals surface area contributed by atoms with Crippen molar-refractivity contribution < 1.29 is 31.8 Å². The van der Waals surface area contributed by atoms with E-state index < -0.39 is 32.8 Å². The van der Waals surface area contributed by atoms with E-state index in [0.29, 0.717) is 11.6 Å². The molecule has 0 saturated heterocycles. The van der Waals surface area contributed by atoms with Gasteiger partial charge in [-0.05, 0) is 29.8 Å². The van der Waals surface area contributed by atoms with Gasteiger partial charge in [0.05, 0.1) is 28.8 Å². The predicted molar refractivity (Wildman–Crippen MR) is 83.8 cm³/mol. The standard InChI is InChI=1S/C16H14F3NO4S/c17-16(18,19)11-2-1-3-14(7-11)25(23,24)20-9-13(22)6-10-4-5-12(21)8-15(10)20/h1-5,7-8,13,21-22H,6,9H2. The summed E-state index contributed by atoms with van der Waals surface area (Å²) in [5, 5.41) is 19.6. The molecule has 0 aliphatic carbocycles. The Morgan fingerprint density at radius 1 is 1.12 bits per heavy atom. The Balaban J connectivity index is 2.11. The topological polar surface area (TPSA) is 77.8 Å². The number of nitrogens with zero attached hydrogens (tertiary/aromatic N) is 1. The molecule has 0 amide bonds. The number of phenolic OH excluding ortho intramolecular Hbond substituents is 1. The van der Waals surface area contributed by atoms with Crippen LogP contribution in [0.15, 0.2) is 47.4 Å². The molecular weight excluding hydrogens is 359 g/mol. The lowest BCUT2D eigenvalue weighted by Crippen LogP contribution is -2.42. The van der Waals surface area contributed by atoms with Crippen LogP contribution in [-0.4, -0.2) is 31.3 Å². The molecular formula is C16H14F3NO4S. The number of aliphatic hydroxyl groups is 1. The first-order valence-electron chi connectivity index (χ1n) is 7.29. The molecule has 0 aromatic heterocycles. The lowest BCUT2D eigenvalue weighted by Gasteiger charge is -2.33. The predicted octanol–water partition coefficient (Wildman–Crippen LogP) is 2.52. The average Bonchev–Trinajstić information content (AvgIpc) is 2.54. The molecule has 1 atom stereocenters. The molecule has 134 valence electrons. The van der Waals surface area contributed by atoms with E-state index in [9.17, 15) is 31.8 Å². The molecule has 2 aromatic rings. The number of sulfonamides is 1. The number of benzene rings is 2. The highest BCUT2D eigenvalue weighted by Gasteiger charge is 2.35. The van der Waals surface area contributed by atoms with Crippen LogP contribution in [0.4, 0.5) is 18.9 Å². The number of hydrogen-bond donors (Lipinski definition) is 2. The molecule has 1 aliphatic heterocycles. The maximum Gasteiger partial charge on any atom is 0.416 e. The molecule has 0 radical (unpaired) electrons. The molecule has 25 heavy (non-hydrogen) atoms. The van der Waals surface area contributed by atoms with Crippen LogP contribution in [0.2, 0.25) is 0 Å². The van der Waals surface area contributed by atoms with E-state index in [4.69, 9.17) is 0 Å². The zero-order valence-corrected chi connectivity index (χ0v) is 13.5. The molecule has 1 unspecified atom stereocenters. The Morgan fingerprint density at radius 3 is 2.52 bits per heavy atom. The van der Waals surface area contributed by atoms with E-state index in [1.165, 1.54) is 18.2 Å². The van der Waals surface area contributed by atoms with Gasteiger partial charge >= 0.3 is 6.18 Å². The number of alkyl halides is 3. The van der Waals surface area contributed by atoms with Crippen LogP contribution < -0.4 is 4.31 Å². The molecule has 0 saturated carbocycles. The summed E-state index contributed by atoms with van der Waals surface area (Å²) in [6, 6.07) is 7.45.